The van der Waals surface area contributed by atoms with Crippen LogP contribution in [-0.4, -0.2) is 50.1 Å². The number of nitrogens with zero attached hydrogens (tertiary/aromatic N) is 1. The first-order chi connectivity index (χ1) is 12.8. The molecule has 1 atom stereocenters. The summed E-state index contributed by atoms with van der Waals surface area (Å²) in [6, 6.07) is 12.8. The molecule has 1 fully saturated rings. The van der Waals surface area contributed by atoms with Crippen LogP contribution in [0.2, 0.25) is 0 Å². The standard InChI is InChI=1S/C19H23N3O4/c23-19(21-13-18-14-24-11-12-26-18)22-16-4-6-17(7-5-16)25-10-8-15-3-1-2-9-20-15/h1-7,9,18H,8,10-14H2,(H2,21,22,23). The minimum Gasteiger partial charge on any atom is -0.493 e. The van der Waals surface area contributed by atoms with Gasteiger partial charge in [0.05, 0.1) is 32.5 Å². The summed E-state index contributed by atoms with van der Waals surface area (Å²) in [6.07, 6.45) is 2.43. The van der Waals surface area contributed by atoms with E-state index >= 15 is 0 Å². The van der Waals surface area contributed by atoms with Gasteiger partial charge in [-0.3, -0.25) is 4.98 Å². The van der Waals surface area contributed by atoms with Gasteiger partial charge in [-0.1, -0.05) is 6.07 Å². The van der Waals surface area contributed by atoms with E-state index in [1.165, 1.54) is 0 Å². The molecule has 7 heteroatoms. The molecule has 3 rings (SSSR count). The Kier molecular flexibility index (Phi) is 6.80. The zero-order valence-corrected chi connectivity index (χ0v) is 14.5. The number of hydrogen-bond donors (Lipinski definition) is 2. The van der Waals surface area contributed by atoms with Gasteiger partial charge in [-0.05, 0) is 36.4 Å². The summed E-state index contributed by atoms with van der Waals surface area (Å²) >= 11 is 0. The van der Waals surface area contributed by atoms with Gasteiger partial charge in [0.25, 0.3) is 0 Å². The van der Waals surface area contributed by atoms with Crippen molar-refractivity contribution in [1.29, 1.82) is 0 Å². The van der Waals surface area contributed by atoms with Gasteiger partial charge in [0, 0.05) is 30.5 Å². The zero-order chi connectivity index (χ0) is 18.0. The fourth-order valence-electron chi connectivity index (χ4n) is 2.49. The second-order valence-corrected chi connectivity index (χ2v) is 5.85. The van der Waals surface area contributed by atoms with E-state index in [0.717, 1.165) is 17.9 Å². The Labute approximate surface area is 152 Å². The van der Waals surface area contributed by atoms with E-state index in [0.29, 0.717) is 38.7 Å². The lowest BCUT2D eigenvalue weighted by molar-refractivity contribution is -0.0852. The van der Waals surface area contributed by atoms with Crippen LogP contribution in [0.5, 0.6) is 5.75 Å². The lowest BCUT2D eigenvalue weighted by Gasteiger charge is -2.23. The van der Waals surface area contributed by atoms with Crippen LogP contribution in [0.15, 0.2) is 48.7 Å². The molecule has 26 heavy (non-hydrogen) atoms. The molecule has 1 aromatic heterocycles. The SMILES string of the molecule is O=C(NCC1COCCO1)Nc1ccc(OCCc2ccccn2)cc1. The molecule has 2 aromatic rings. The Morgan fingerprint density at radius 3 is 2.81 bits per heavy atom. The molecule has 0 saturated carbocycles. The van der Waals surface area contributed by atoms with Crippen molar-refractivity contribution in [3.63, 3.8) is 0 Å². The number of amides is 2. The van der Waals surface area contributed by atoms with Gasteiger partial charge in [0.15, 0.2) is 0 Å². The fourth-order valence-corrected chi connectivity index (χ4v) is 2.49. The zero-order valence-electron chi connectivity index (χ0n) is 14.5. The van der Waals surface area contributed by atoms with Gasteiger partial charge in [-0.2, -0.15) is 0 Å². The van der Waals surface area contributed by atoms with Gasteiger partial charge in [-0.25, -0.2) is 4.79 Å². The smallest absolute Gasteiger partial charge is 0.319 e. The van der Waals surface area contributed by atoms with Gasteiger partial charge >= 0.3 is 6.03 Å². The van der Waals surface area contributed by atoms with Crippen molar-refractivity contribution in [3.8, 4) is 5.75 Å². The largest absolute Gasteiger partial charge is 0.493 e. The first-order valence-corrected chi connectivity index (χ1v) is 8.66. The highest BCUT2D eigenvalue weighted by molar-refractivity contribution is 5.89. The van der Waals surface area contributed by atoms with Crippen molar-refractivity contribution in [2.75, 3.05) is 38.3 Å². The highest BCUT2D eigenvalue weighted by atomic mass is 16.6. The molecule has 1 aromatic carbocycles. The summed E-state index contributed by atoms with van der Waals surface area (Å²) in [4.78, 5) is 16.2. The molecular formula is C19H23N3O4. The summed E-state index contributed by atoms with van der Waals surface area (Å²) in [5.41, 5.74) is 1.69. The third kappa shape index (κ3) is 6.02. The van der Waals surface area contributed by atoms with E-state index < -0.39 is 0 Å². The van der Waals surface area contributed by atoms with Gasteiger partial charge in [0.1, 0.15) is 5.75 Å². The molecule has 1 saturated heterocycles. The molecule has 2 heterocycles. The molecule has 0 aliphatic carbocycles. The Hall–Kier alpha value is -2.64. The molecule has 138 valence electrons. The fraction of sp³-hybridized carbons (Fsp3) is 0.368. The summed E-state index contributed by atoms with van der Waals surface area (Å²) < 4.78 is 16.5. The molecule has 1 aliphatic heterocycles. The molecule has 1 aliphatic rings. The number of ether oxygens (including phenoxy) is 3. The van der Waals surface area contributed by atoms with Crippen LogP contribution in [-0.2, 0) is 15.9 Å². The minimum atomic E-state index is -0.275. The number of hydrogen-bond acceptors (Lipinski definition) is 5. The van der Waals surface area contributed by atoms with E-state index in [1.807, 2.05) is 30.3 Å². The second-order valence-electron chi connectivity index (χ2n) is 5.85. The Morgan fingerprint density at radius 1 is 1.19 bits per heavy atom. The number of urea groups is 1. The molecule has 2 N–H and O–H groups in total. The van der Waals surface area contributed by atoms with Crippen molar-refractivity contribution < 1.29 is 19.0 Å². The Balaban J connectivity index is 1.37. The number of rotatable bonds is 7. The van der Waals surface area contributed by atoms with E-state index in [2.05, 4.69) is 15.6 Å². The average molecular weight is 357 g/mol. The van der Waals surface area contributed by atoms with E-state index in [4.69, 9.17) is 14.2 Å². The summed E-state index contributed by atoms with van der Waals surface area (Å²) in [5, 5.41) is 5.55. The van der Waals surface area contributed by atoms with Crippen LogP contribution >= 0.6 is 0 Å². The lowest BCUT2D eigenvalue weighted by Crippen LogP contribution is -2.41. The number of carbonyl (C=O) groups is 1. The molecule has 2 amide bonds. The number of pyridine rings is 1. The molecular weight excluding hydrogens is 334 g/mol. The normalized spacial score (nSPS) is 16.7. The van der Waals surface area contributed by atoms with Crippen molar-refractivity contribution in [2.45, 2.75) is 12.5 Å². The van der Waals surface area contributed by atoms with Crippen molar-refractivity contribution >= 4 is 11.7 Å². The highest BCUT2D eigenvalue weighted by Crippen LogP contribution is 2.16. The topological polar surface area (TPSA) is 81.7 Å². The Bertz CT molecular complexity index is 673. The van der Waals surface area contributed by atoms with Gasteiger partial charge in [-0.15, -0.1) is 0 Å². The molecule has 0 bridgehead atoms. The van der Waals surface area contributed by atoms with Crippen LogP contribution < -0.4 is 15.4 Å². The number of aromatic nitrogens is 1. The minimum absolute atomic E-state index is 0.0932. The molecule has 0 spiro atoms. The summed E-state index contributed by atoms with van der Waals surface area (Å²) in [6.45, 7) is 2.65. The molecule has 7 nitrogen and oxygen atoms in total. The second kappa shape index (κ2) is 9.74. The monoisotopic (exact) mass is 357 g/mol. The number of anilines is 1. The molecule has 1 unspecified atom stereocenters. The van der Waals surface area contributed by atoms with E-state index in [-0.39, 0.29) is 12.1 Å². The first-order valence-electron chi connectivity index (χ1n) is 8.66. The van der Waals surface area contributed by atoms with Gasteiger partial charge < -0.3 is 24.8 Å². The number of carbonyl (C=O) groups excluding carboxylic acids is 1. The van der Waals surface area contributed by atoms with Crippen LogP contribution in [0.1, 0.15) is 5.69 Å². The predicted molar refractivity (Wildman–Crippen MR) is 97.5 cm³/mol. The first kappa shape index (κ1) is 18.2. The molecule has 0 radical (unpaired) electrons. The average Bonchev–Trinajstić information content (AvgIpc) is 2.69. The maximum atomic E-state index is 11.9. The van der Waals surface area contributed by atoms with Crippen LogP contribution in [0.3, 0.4) is 0 Å². The van der Waals surface area contributed by atoms with Crippen molar-refractivity contribution in [2.24, 2.45) is 0 Å². The predicted octanol–water partition coefficient (Wildman–Crippen LogP) is 2.24. The van der Waals surface area contributed by atoms with Crippen LogP contribution in [0.4, 0.5) is 10.5 Å². The maximum absolute atomic E-state index is 11.9. The maximum Gasteiger partial charge on any atom is 0.319 e. The third-order valence-corrected chi connectivity index (χ3v) is 3.84. The van der Waals surface area contributed by atoms with Crippen LogP contribution in [0.25, 0.3) is 0 Å². The van der Waals surface area contributed by atoms with Gasteiger partial charge in [0.2, 0.25) is 0 Å². The quantitative estimate of drug-likeness (QED) is 0.794. The van der Waals surface area contributed by atoms with Crippen LogP contribution in [0, 0.1) is 0 Å². The summed E-state index contributed by atoms with van der Waals surface area (Å²) in [5.74, 6) is 0.750. The van der Waals surface area contributed by atoms with Crippen molar-refractivity contribution in [1.82, 2.24) is 10.3 Å². The number of nitrogens with one attached hydrogen (secondary N) is 2. The lowest BCUT2D eigenvalue weighted by atomic mass is 10.3. The Morgan fingerprint density at radius 2 is 2.08 bits per heavy atom. The highest BCUT2D eigenvalue weighted by Gasteiger charge is 2.15. The third-order valence-electron chi connectivity index (χ3n) is 3.84. The van der Waals surface area contributed by atoms with E-state index in [9.17, 15) is 4.79 Å². The number of benzene rings is 1. The van der Waals surface area contributed by atoms with E-state index in [1.54, 1.807) is 18.3 Å². The van der Waals surface area contributed by atoms with Crippen molar-refractivity contribution in [3.05, 3.63) is 54.4 Å². The summed E-state index contributed by atoms with van der Waals surface area (Å²) in [7, 11) is 0.